The van der Waals surface area contributed by atoms with Crippen LogP contribution in [0.4, 0.5) is 4.39 Å². The number of rotatable bonds is 3. The Balaban J connectivity index is 1.90. The van der Waals surface area contributed by atoms with Crippen molar-refractivity contribution in [3.8, 4) is 0 Å². The molecule has 1 heterocycles. The van der Waals surface area contributed by atoms with Crippen molar-refractivity contribution in [1.29, 1.82) is 0 Å². The molecule has 3 rings (SSSR count). The lowest BCUT2D eigenvalue weighted by atomic mass is 10.0. The third-order valence-electron chi connectivity index (χ3n) is 3.32. The van der Waals surface area contributed by atoms with Gasteiger partial charge < -0.3 is 4.74 Å². The standard InChI is InChI=1S/C17H13FO2/c18-15-14(11-12-7-3-1-4-8-12)17(19)20-16(15)13-9-5-2-6-10-13/h1-10,16H,11H2. The molecule has 0 amide bonds. The van der Waals surface area contributed by atoms with E-state index >= 15 is 0 Å². The van der Waals surface area contributed by atoms with E-state index in [1.807, 2.05) is 36.4 Å². The molecule has 1 unspecified atom stereocenters. The maximum atomic E-state index is 14.4. The molecule has 0 saturated heterocycles. The molecule has 1 aliphatic rings. The fourth-order valence-electron chi connectivity index (χ4n) is 2.28. The molecule has 1 atom stereocenters. The van der Waals surface area contributed by atoms with Crippen LogP contribution in [0.25, 0.3) is 0 Å². The molecule has 0 radical (unpaired) electrons. The molecule has 100 valence electrons. The van der Waals surface area contributed by atoms with Crippen LogP contribution in [0, 0.1) is 0 Å². The minimum Gasteiger partial charge on any atom is -0.447 e. The Morgan fingerprint density at radius 2 is 1.55 bits per heavy atom. The zero-order chi connectivity index (χ0) is 13.9. The van der Waals surface area contributed by atoms with Crippen molar-refractivity contribution in [2.45, 2.75) is 12.5 Å². The first-order valence-electron chi connectivity index (χ1n) is 6.44. The molecule has 0 spiro atoms. The van der Waals surface area contributed by atoms with Crippen molar-refractivity contribution in [3.63, 3.8) is 0 Å². The van der Waals surface area contributed by atoms with E-state index in [1.54, 1.807) is 24.3 Å². The Hall–Kier alpha value is -2.42. The van der Waals surface area contributed by atoms with E-state index in [0.717, 1.165) is 5.56 Å². The Labute approximate surface area is 116 Å². The number of benzene rings is 2. The Morgan fingerprint density at radius 1 is 0.950 bits per heavy atom. The Bertz CT molecular complexity index is 647. The van der Waals surface area contributed by atoms with Crippen LogP contribution >= 0.6 is 0 Å². The topological polar surface area (TPSA) is 26.3 Å². The van der Waals surface area contributed by atoms with E-state index in [2.05, 4.69) is 0 Å². The molecule has 20 heavy (non-hydrogen) atoms. The maximum Gasteiger partial charge on any atom is 0.338 e. The minimum atomic E-state index is -0.901. The van der Waals surface area contributed by atoms with Gasteiger partial charge in [0, 0.05) is 6.42 Å². The van der Waals surface area contributed by atoms with Gasteiger partial charge in [-0.05, 0) is 11.1 Å². The van der Waals surface area contributed by atoms with E-state index in [9.17, 15) is 9.18 Å². The lowest BCUT2D eigenvalue weighted by molar-refractivity contribution is -0.140. The van der Waals surface area contributed by atoms with Gasteiger partial charge in [-0.3, -0.25) is 0 Å². The van der Waals surface area contributed by atoms with E-state index in [-0.39, 0.29) is 12.0 Å². The fourth-order valence-corrected chi connectivity index (χ4v) is 2.28. The number of ether oxygens (including phenoxy) is 1. The van der Waals surface area contributed by atoms with Crippen molar-refractivity contribution >= 4 is 5.97 Å². The first-order valence-corrected chi connectivity index (χ1v) is 6.44. The van der Waals surface area contributed by atoms with E-state index in [4.69, 9.17) is 4.74 Å². The van der Waals surface area contributed by atoms with Crippen LogP contribution < -0.4 is 0 Å². The van der Waals surface area contributed by atoms with Crippen molar-refractivity contribution in [3.05, 3.63) is 83.2 Å². The summed E-state index contributed by atoms with van der Waals surface area (Å²) < 4.78 is 19.6. The summed E-state index contributed by atoms with van der Waals surface area (Å²) in [6.45, 7) is 0. The number of halogens is 1. The molecule has 2 aromatic rings. The first kappa shape index (κ1) is 12.6. The van der Waals surface area contributed by atoms with Gasteiger partial charge in [-0.1, -0.05) is 60.7 Å². The minimum absolute atomic E-state index is 0.116. The van der Waals surface area contributed by atoms with E-state index < -0.39 is 17.9 Å². The molecule has 0 fully saturated rings. The smallest absolute Gasteiger partial charge is 0.338 e. The van der Waals surface area contributed by atoms with Gasteiger partial charge in [-0.25, -0.2) is 9.18 Å². The van der Waals surface area contributed by atoms with E-state index in [1.165, 1.54) is 0 Å². The van der Waals surface area contributed by atoms with Gasteiger partial charge in [0.2, 0.25) is 0 Å². The van der Waals surface area contributed by atoms with Gasteiger partial charge in [-0.15, -0.1) is 0 Å². The Kier molecular flexibility index (Phi) is 3.33. The molecule has 0 aromatic heterocycles. The van der Waals surface area contributed by atoms with Gasteiger partial charge in [0.1, 0.15) is 0 Å². The van der Waals surface area contributed by atoms with Crippen LogP contribution in [0.5, 0.6) is 0 Å². The highest BCUT2D eigenvalue weighted by molar-refractivity contribution is 5.92. The molecular formula is C17H13FO2. The predicted octanol–water partition coefficient (Wildman–Crippen LogP) is 3.75. The van der Waals surface area contributed by atoms with Gasteiger partial charge in [-0.2, -0.15) is 0 Å². The highest BCUT2D eigenvalue weighted by atomic mass is 19.1. The molecular weight excluding hydrogens is 255 g/mol. The second-order valence-corrected chi connectivity index (χ2v) is 4.68. The summed E-state index contributed by atoms with van der Waals surface area (Å²) >= 11 is 0. The lowest BCUT2D eigenvalue weighted by Gasteiger charge is -2.08. The van der Waals surface area contributed by atoms with Crippen LogP contribution in [-0.4, -0.2) is 5.97 Å². The molecule has 0 bridgehead atoms. The average molecular weight is 268 g/mol. The third kappa shape index (κ3) is 2.35. The first-order chi connectivity index (χ1) is 9.75. The summed E-state index contributed by atoms with van der Waals surface area (Å²) in [7, 11) is 0. The highest BCUT2D eigenvalue weighted by Crippen LogP contribution is 2.37. The lowest BCUT2D eigenvalue weighted by Crippen LogP contribution is -2.04. The number of cyclic esters (lactones) is 1. The molecule has 2 aromatic carbocycles. The summed E-state index contributed by atoms with van der Waals surface area (Å²) in [5.41, 5.74) is 1.66. The number of carbonyl (C=O) groups excluding carboxylic acids is 1. The molecule has 0 saturated carbocycles. The zero-order valence-corrected chi connectivity index (χ0v) is 10.8. The molecule has 1 aliphatic heterocycles. The number of carbonyl (C=O) groups is 1. The van der Waals surface area contributed by atoms with Gasteiger partial charge >= 0.3 is 5.97 Å². The number of hydrogen-bond donors (Lipinski definition) is 0. The quantitative estimate of drug-likeness (QED) is 0.792. The maximum absolute atomic E-state index is 14.4. The number of hydrogen-bond acceptors (Lipinski definition) is 2. The molecule has 3 heteroatoms. The van der Waals surface area contributed by atoms with Crippen molar-refractivity contribution in [2.24, 2.45) is 0 Å². The molecule has 2 nitrogen and oxygen atoms in total. The van der Waals surface area contributed by atoms with Crippen molar-refractivity contribution in [1.82, 2.24) is 0 Å². The van der Waals surface area contributed by atoms with Crippen LogP contribution in [0.15, 0.2) is 72.1 Å². The summed E-state index contributed by atoms with van der Waals surface area (Å²) in [6, 6.07) is 18.3. The Morgan fingerprint density at radius 3 is 2.20 bits per heavy atom. The zero-order valence-electron chi connectivity index (χ0n) is 10.8. The fraction of sp³-hybridized carbons (Fsp3) is 0.118. The highest BCUT2D eigenvalue weighted by Gasteiger charge is 2.35. The van der Waals surface area contributed by atoms with Gasteiger partial charge in [0.05, 0.1) is 5.57 Å². The van der Waals surface area contributed by atoms with Crippen LogP contribution in [0.3, 0.4) is 0 Å². The molecule has 0 N–H and O–H groups in total. The van der Waals surface area contributed by atoms with Crippen molar-refractivity contribution in [2.75, 3.05) is 0 Å². The SMILES string of the molecule is O=C1OC(c2ccccc2)C(F)=C1Cc1ccccc1. The second kappa shape index (κ2) is 5.29. The molecule has 0 aliphatic carbocycles. The monoisotopic (exact) mass is 268 g/mol. The van der Waals surface area contributed by atoms with Crippen molar-refractivity contribution < 1.29 is 13.9 Å². The summed E-state index contributed by atoms with van der Waals surface area (Å²) in [5, 5.41) is 0. The number of esters is 1. The summed E-state index contributed by atoms with van der Waals surface area (Å²) in [5.74, 6) is -1.05. The summed E-state index contributed by atoms with van der Waals surface area (Å²) in [4.78, 5) is 11.9. The van der Waals surface area contributed by atoms with Crippen LogP contribution in [-0.2, 0) is 16.0 Å². The summed E-state index contributed by atoms with van der Waals surface area (Å²) in [6.07, 6.45) is -0.642. The van der Waals surface area contributed by atoms with Gasteiger partial charge in [0.15, 0.2) is 11.9 Å². The predicted molar refractivity (Wildman–Crippen MR) is 73.6 cm³/mol. The normalized spacial score (nSPS) is 18.2. The largest absolute Gasteiger partial charge is 0.447 e. The third-order valence-corrected chi connectivity index (χ3v) is 3.32. The van der Waals surface area contributed by atoms with Crippen LogP contribution in [0.2, 0.25) is 0 Å². The van der Waals surface area contributed by atoms with E-state index in [0.29, 0.717) is 5.56 Å². The van der Waals surface area contributed by atoms with Crippen LogP contribution in [0.1, 0.15) is 17.2 Å². The average Bonchev–Trinajstić information content (AvgIpc) is 2.77. The second-order valence-electron chi connectivity index (χ2n) is 4.68. The van der Waals surface area contributed by atoms with Gasteiger partial charge in [0.25, 0.3) is 0 Å².